The molecule has 1 atom stereocenters. The van der Waals surface area contributed by atoms with Crippen LogP contribution in [0.4, 0.5) is 5.82 Å². The lowest BCUT2D eigenvalue weighted by atomic mass is 9.82. The van der Waals surface area contributed by atoms with Crippen LogP contribution in [-0.2, 0) is 18.6 Å². The van der Waals surface area contributed by atoms with Gasteiger partial charge >= 0.3 is 0 Å². The predicted octanol–water partition coefficient (Wildman–Crippen LogP) is 2.14. The summed E-state index contributed by atoms with van der Waals surface area (Å²) >= 11 is 0. The maximum Gasteiger partial charge on any atom is 0.166 e. The Labute approximate surface area is 157 Å². The second-order valence-electron chi connectivity index (χ2n) is 7.31. The summed E-state index contributed by atoms with van der Waals surface area (Å²) in [5.74, 6) is 0.932. The van der Waals surface area contributed by atoms with Crippen LogP contribution in [-0.4, -0.2) is 32.8 Å². The summed E-state index contributed by atoms with van der Waals surface area (Å²) in [6, 6.07) is 9.86. The molecule has 2 aliphatic rings. The van der Waals surface area contributed by atoms with Crippen molar-refractivity contribution in [2.24, 2.45) is 0 Å². The van der Waals surface area contributed by atoms with E-state index in [1.807, 2.05) is 24.3 Å². The molecule has 0 bridgehead atoms. The van der Waals surface area contributed by atoms with Crippen LogP contribution in [0.25, 0.3) is 11.3 Å². The Hall–Kier alpha value is -2.93. The number of pyridine rings is 2. The van der Waals surface area contributed by atoms with Crippen molar-refractivity contribution in [2.45, 2.75) is 31.4 Å². The molecular weight excluding hydrogens is 340 g/mol. The third kappa shape index (κ3) is 2.84. The summed E-state index contributed by atoms with van der Waals surface area (Å²) in [4.78, 5) is 8.58. The molecule has 138 valence electrons. The molecule has 0 aromatic carbocycles. The molecule has 1 saturated heterocycles. The Bertz CT molecular complexity index is 962. The maximum absolute atomic E-state index is 6.01. The number of nitrogen functional groups attached to an aromatic ring is 1. The number of nitrogens with one attached hydrogen (secondary N) is 1. The number of aromatic nitrogens is 4. The lowest BCUT2D eigenvalue weighted by Crippen LogP contribution is -2.25. The minimum Gasteiger partial charge on any atom is -0.483 e. The van der Waals surface area contributed by atoms with Crippen LogP contribution in [0.5, 0.6) is 5.75 Å². The van der Waals surface area contributed by atoms with Crippen molar-refractivity contribution in [3.63, 3.8) is 0 Å². The minimum absolute atomic E-state index is 0.241. The first-order chi connectivity index (χ1) is 13.2. The summed E-state index contributed by atoms with van der Waals surface area (Å²) in [6.45, 7) is 3.44. The fraction of sp³-hybridized carbons (Fsp3) is 0.350. The van der Waals surface area contributed by atoms with E-state index in [0.717, 1.165) is 36.6 Å². The zero-order valence-electron chi connectivity index (χ0n) is 15.1. The van der Waals surface area contributed by atoms with Gasteiger partial charge < -0.3 is 15.8 Å². The van der Waals surface area contributed by atoms with Gasteiger partial charge in [-0.25, -0.2) is 4.98 Å². The molecule has 0 amide bonds. The van der Waals surface area contributed by atoms with Gasteiger partial charge in [0.15, 0.2) is 11.6 Å². The van der Waals surface area contributed by atoms with Gasteiger partial charge in [-0.15, -0.1) is 0 Å². The van der Waals surface area contributed by atoms with Gasteiger partial charge in [-0.2, -0.15) is 5.10 Å². The van der Waals surface area contributed by atoms with Gasteiger partial charge in [0.05, 0.1) is 11.4 Å². The smallest absolute Gasteiger partial charge is 0.166 e. The molecule has 3 N–H and O–H groups in total. The van der Waals surface area contributed by atoms with E-state index in [1.165, 1.54) is 18.5 Å². The highest BCUT2D eigenvalue weighted by Crippen LogP contribution is 2.41. The highest BCUT2D eigenvalue weighted by molar-refractivity contribution is 5.64. The number of fused-ring (bicyclic) bond motifs is 2. The Kier molecular flexibility index (Phi) is 3.82. The summed E-state index contributed by atoms with van der Waals surface area (Å²) in [6.07, 6.45) is 5.86. The topological polar surface area (TPSA) is 90.9 Å². The normalized spacial score (nSPS) is 20.9. The summed E-state index contributed by atoms with van der Waals surface area (Å²) in [7, 11) is 0. The van der Waals surface area contributed by atoms with Crippen LogP contribution < -0.4 is 15.8 Å². The van der Waals surface area contributed by atoms with Crippen molar-refractivity contribution in [3.05, 3.63) is 54.1 Å². The Morgan fingerprint density at radius 2 is 2.19 bits per heavy atom. The molecule has 5 heterocycles. The Balaban J connectivity index is 1.41. The quantitative estimate of drug-likeness (QED) is 0.739. The fourth-order valence-corrected chi connectivity index (χ4v) is 4.12. The average Bonchev–Trinajstić information content (AvgIpc) is 3.41. The van der Waals surface area contributed by atoms with Gasteiger partial charge in [0.25, 0.3) is 0 Å². The molecule has 3 aromatic rings. The van der Waals surface area contributed by atoms with E-state index in [4.69, 9.17) is 15.6 Å². The highest BCUT2D eigenvalue weighted by Gasteiger charge is 2.42. The maximum atomic E-state index is 6.01. The van der Waals surface area contributed by atoms with E-state index in [2.05, 4.69) is 26.0 Å². The SMILES string of the molecule is Nc1ncc(-c2cc3n(n2)CC[C@@]32CCNC2)cc1OCc1ccccn1. The highest BCUT2D eigenvalue weighted by atomic mass is 16.5. The van der Waals surface area contributed by atoms with Crippen molar-refractivity contribution in [3.8, 4) is 17.0 Å². The van der Waals surface area contributed by atoms with Crippen molar-refractivity contribution < 1.29 is 4.74 Å². The van der Waals surface area contributed by atoms with Gasteiger partial charge in [-0.3, -0.25) is 9.67 Å². The van der Waals surface area contributed by atoms with Gasteiger partial charge in [0, 0.05) is 42.2 Å². The van der Waals surface area contributed by atoms with Crippen molar-refractivity contribution in [2.75, 3.05) is 18.8 Å². The zero-order chi connectivity index (χ0) is 18.3. The van der Waals surface area contributed by atoms with E-state index in [-0.39, 0.29) is 5.41 Å². The van der Waals surface area contributed by atoms with E-state index >= 15 is 0 Å². The number of anilines is 1. The number of ether oxygens (including phenoxy) is 1. The number of nitrogens with zero attached hydrogens (tertiary/aromatic N) is 4. The van der Waals surface area contributed by atoms with Crippen LogP contribution in [0.2, 0.25) is 0 Å². The fourth-order valence-electron chi connectivity index (χ4n) is 4.12. The van der Waals surface area contributed by atoms with Crippen LogP contribution in [0.15, 0.2) is 42.7 Å². The van der Waals surface area contributed by atoms with Crippen molar-refractivity contribution in [1.29, 1.82) is 0 Å². The van der Waals surface area contributed by atoms with Gasteiger partial charge in [0.1, 0.15) is 6.61 Å². The van der Waals surface area contributed by atoms with E-state index in [1.54, 1.807) is 12.4 Å². The summed E-state index contributed by atoms with van der Waals surface area (Å²) in [5.41, 5.74) is 10.3. The monoisotopic (exact) mass is 362 g/mol. The number of hydrogen-bond acceptors (Lipinski definition) is 6. The van der Waals surface area contributed by atoms with Gasteiger partial charge in [0.2, 0.25) is 0 Å². The second kappa shape index (κ2) is 6.35. The van der Waals surface area contributed by atoms with Crippen LogP contribution in [0.1, 0.15) is 24.2 Å². The molecule has 7 nitrogen and oxygen atoms in total. The molecule has 0 radical (unpaired) electrons. The molecule has 7 heteroatoms. The van der Waals surface area contributed by atoms with E-state index < -0.39 is 0 Å². The van der Waals surface area contributed by atoms with Crippen molar-refractivity contribution in [1.82, 2.24) is 25.1 Å². The molecule has 3 aromatic heterocycles. The standard InChI is InChI=1S/C20H22N6O/c21-19-17(27-12-15-3-1-2-6-23-15)9-14(11-24-19)16-10-18-20(4-7-22-13-20)5-8-26(18)25-16/h1-3,6,9-11,22H,4-5,7-8,12-13H2,(H2,21,24)/t20-/m1/s1. The molecule has 1 spiro atoms. The summed E-state index contributed by atoms with van der Waals surface area (Å²) < 4.78 is 8.01. The number of nitrogens with two attached hydrogens (primary N) is 1. The Morgan fingerprint density at radius 1 is 1.22 bits per heavy atom. The van der Waals surface area contributed by atoms with Crippen LogP contribution in [0, 0.1) is 0 Å². The van der Waals surface area contributed by atoms with Gasteiger partial charge in [-0.05, 0) is 43.7 Å². The third-order valence-corrected chi connectivity index (χ3v) is 5.65. The number of hydrogen-bond donors (Lipinski definition) is 2. The van der Waals surface area contributed by atoms with Crippen LogP contribution in [0.3, 0.4) is 0 Å². The molecule has 0 aliphatic carbocycles. The third-order valence-electron chi connectivity index (χ3n) is 5.65. The number of rotatable bonds is 4. The first-order valence-corrected chi connectivity index (χ1v) is 9.31. The van der Waals surface area contributed by atoms with Gasteiger partial charge in [-0.1, -0.05) is 6.07 Å². The lowest BCUT2D eigenvalue weighted by molar-refractivity contribution is 0.302. The largest absolute Gasteiger partial charge is 0.483 e. The van der Waals surface area contributed by atoms with Crippen molar-refractivity contribution >= 4 is 5.82 Å². The van der Waals surface area contributed by atoms with E-state index in [9.17, 15) is 0 Å². The van der Waals surface area contributed by atoms with Crippen LogP contribution >= 0.6 is 0 Å². The molecular formula is C20H22N6O. The zero-order valence-corrected chi connectivity index (χ0v) is 15.1. The first kappa shape index (κ1) is 16.3. The molecule has 1 fully saturated rings. The molecule has 27 heavy (non-hydrogen) atoms. The van der Waals surface area contributed by atoms with E-state index in [0.29, 0.717) is 18.2 Å². The summed E-state index contributed by atoms with van der Waals surface area (Å²) in [5, 5.41) is 8.31. The first-order valence-electron chi connectivity index (χ1n) is 9.31. The lowest BCUT2D eigenvalue weighted by Gasteiger charge is -2.20. The second-order valence-corrected chi connectivity index (χ2v) is 7.31. The molecule has 5 rings (SSSR count). The number of aryl methyl sites for hydroxylation is 1. The molecule has 2 aliphatic heterocycles. The molecule has 0 saturated carbocycles. The minimum atomic E-state index is 0.241. The Morgan fingerprint density at radius 3 is 3.00 bits per heavy atom. The predicted molar refractivity (Wildman–Crippen MR) is 102 cm³/mol. The average molecular weight is 362 g/mol. The molecule has 0 unspecified atom stereocenters.